The van der Waals surface area contributed by atoms with Crippen molar-refractivity contribution in [3.05, 3.63) is 38.7 Å². The topological polar surface area (TPSA) is 12.9 Å². The fourth-order valence-electron chi connectivity index (χ4n) is 1.21. The fourth-order valence-corrected chi connectivity index (χ4v) is 2.14. The first kappa shape index (κ1) is 10.0. The average Bonchev–Trinajstić information content (AvgIpc) is 2.14. The Morgan fingerprint density at radius 2 is 2.00 bits per heavy atom. The first-order valence-electron chi connectivity index (χ1n) is 3.68. The highest BCUT2D eigenvalue weighted by molar-refractivity contribution is 14.1. The van der Waals surface area contributed by atoms with Crippen LogP contribution in [0.4, 0.5) is 8.78 Å². The lowest BCUT2D eigenvalue weighted by atomic mass is 10.1. The van der Waals surface area contributed by atoms with Crippen LogP contribution in [0, 0.1) is 15.2 Å². The van der Waals surface area contributed by atoms with Gasteiger partial charge < -0.3 is 0 Å². The summed E-state index contributed by atoms with van der Waals surface area (Å²) in [4.78, 5) is 3.86. The van der Waals surface area contributed by atoms with Gasteiger partial charge in [0.15, 0.2) is 11.6 Å². The summed E-state index contributed by atoms with van der Waals surface area (Å²) in [5, 5.41) is 0.785. The molecule has 1 heterocycles. The van der Waals surface area contributed by atoms with Crippen molar-refractivity contribution in [3.8, 4) is 0 Å². The average molecular weight is 325 g/mol. The minimum absolute atomic E-state index is 0.171. The molecule has 0 bridgehead atoms. The summed E-state index contributed by atoms with van der Waals surface area (Å²) >= 11 is 7.65. The lowest BCUT2D eigenvalue weighted by Gasteiger charge is -2.04. The Labute approximate surface area is 97.2 Å². The number of benzene rings is 1. The summed E-state index contributed by atoms with van der Waals surface area (Å²) in [7, 11) is 0. The molecule has 1 nitrogen and oxygen atoms in total. The SMILES string of the molecule is Fc1cc(Cl)c2cncc(I)c2c1F. The molecule has 0 saturated carbocycles. The molecule has 0 unspecified atom stereocenters. The van der Waals surface area contributed by atoms with E-state index in [1.807, 2.05) is 22.6 Å². The Morgan fingerprint density at radius 3 is 2.71 bits per heavy atom. The Morgan fingerprint density at radius 1 is 1.29 bits per heavy atom. The highest BCUT2D eigenvalue weighted by atomic mass is 127. The number of fused-ring (bicyclic) bond motifs is 1. The normalized spacial score (nSPS) is 10.9. The van der Waals surface area contributed by atoms with E-state index in [0.717, 1.165) is 6.07 Å². The third kappa shape index (κ3) is 1.46. The van der Waals surface area contributed by atoms with E-state index in [1.54, 1.807) is 0 Å². The molecule has 2 rings (SSSR count). The van der Waals surface area contributed by atoms with Crippen molar-refractivity contribution >= 4 is 45.0 Å². The minimum atomic E-state index is -0.938. The zero-order chi connectivity index (χ0) is 10.3. The van der Waals surface area contributed by atoms with Gasteiger partial charge in [-0.15, -0.1) is 0 Å². The molecule has 5 heteroatoms. The molecule has 0 aliphatic carbocycles. The van der Waals surface area contributed by atoms with Gasteiger partial charge in [-0.05, 0) is 28.7 Å². The van der Waals surface area contributed by atoms with Crippen LogP contribution in [0.1, 0.15) is 0 Å². The monoisotopic (exact) mass is 325 g/mol. The zero-order valence-electron chi connectivity index (χ0n) is 6.69. The van der Waals surface area contributed by atoms with Gasteiger partial charge in [-0.3, -0.25) is 4.98 Å². The number of halogens is 4. The van der Waals surface area contributed by atoms with Crippen LogP contribution >= 0.6 is 34.2 Å². The molecular weight excluding hydrogens is 322 g/mol. The second-order valence-electron chi connectivity index (χ2n) is 2.70. The number of nitrogens with zero attached hydrogens (tertiary/aromatic N) is 1. The molecule has 0 N–H and O–H groups in total. The Bertz CT molecular complexity index is 516. The van der Waals surface area contributed by atoms with Crippen molar-refractivity contribution < 1.29 is 8.78 Å². The second-order valence-corrected chi connectivity index (χ2v) is 4.27. The van der Waals surface area contributed by atoms with E-state index in [2.05, 4.69) is 4.98 Å². The number of hydrogen-bond acceptors (Lipinski definition) is 1. The van der Waals surface area contributed by atoms with Gasteiger partial charge in [0.2, 0.25) is 0 Å². The van der Waals surface area contributed by atoms with Crippen molar-refractivity contribution in [1.82, 2.24) is 4.98 Å². The predicted molar refractivity (Wildman–Crippen MR) is 59.4 cm³/mol. The molecule has 14 heavy (non-hydrogen) atoms. The van der Waals surface area contributed by atoms with Gasteiger partial charge in [0.1, 0.15) is 0 Å². The standard InChI is InChI=1S/C9H3ClF2IN/c10-5-1-6(11)9(12)8-4(5)2-14-3-7(8)13/h1-3H. The van der Waals surface area contributed by atoms with E-state index in [9.17, 15) is 8.78 Å². The first-order chi connectivity index (χ1) is 6.61. The molecule has 0 amide bonds. The number of pyridine rings is 1. The Kier molecular flexibility index (Phi) is 2.57. The number of aromatic nitrogens is 1. The third-order valence-electron chi connectivity index (χ3n) is 1.84. The lowest BCUT2D eigenvalue weighted by Crippen LogP contribution is -1.91. The van der Waals surface area contributed by atoms with Crippen LogP contribution in [0.25, 0.3) is 10.8 Å². The smallest absolute Gasteiger partial charge is 0.167 e. The van der Waals surface area contributed by atoms with Crippen LogP contribution in [-0.4, -0.2) is 4.98 Å². The molecule has 0 radical (unpaired) electrons. The van der Waals surface area contributed by atoms with Crippen molar-refractivity contribution in [2.75, 3.05) is 0 Å². The highest BCUT2D eigenvalue weighted by Gasteiger charge is 2.13. The molecule has 0 spiro atoms. The van der Waals surface area contributed by atoms with E-state index < -0.39 is 11.6 Å². The van der Waals surface area contributed by atoms with Crippen molar-refractivity contribution in [1.29, 1.82) is 0 Å². The van der Waals surface area contributed by atoms with Crippen LogP contribution in [0.2, 0.25) is 5.02 Å². The summed E-state index contributed by atoms with van der Waals surface area (Å²) < 4.78 is 26.9. The zero-order valence-corrected chi connectivity index (χ0v) is 9.60. The van der Waals surface area contributed by atoms with Crippen molar-refractivity contribution in [2.24, 2.45) is 0 Å². The fraction of sp³-hybridized carbons (Fsp3) is 0. The minimum Gasteiger partial charge on any atom is -0.263 e. The van der Waals surface area contributed by atoms with Crippen LogP contribution in [-0.2, 0) is 0 Å². The van der Waals surface area contributed by atoms with Crippen molar-refractivity contribution in [3.63, 3.8) is 0 Å². The van der Waals surface area contributed by atoms with Gasteiger partial charge in [-0.25, -0.2) is 8.78 Å². The van der Waals surface area contributed by atoms with Gasteiger partial charge >= 0.3 is 0 Å². The first-order valence-corrected chi connectivity index (χ1v) is 5.13. The molecule has 0 fully saturated rings. The summed E-state index contributed by atoms with van der Waals surface area (Å²) in [5.41, 5.74) is 0. The van der Waals surface area contributed by atoms with E-state index in [1.165, 1.54) is 12.4 Å². The van der Waals surface area contributed by atoms with Crippen LogP contribution < -0.4 is 0 Å². The second kappa shape index (κ2) is 3.58. The molecule has 1 aromatic carbocycles. The van der Waals surface area contributed by atoms with Crippen LogP contribution in [0.15, 0.2) is 18.5 Å². The van der Waals surface area contributed by atoms with Crippen LogP contribution in [0.3, 0.4) is 0 Å². The summed E-state index contributed by atoms with van der Waals surface area (Å²) in [5.74, 6) is -1.82. The largest absolute Gasteiger partial charge is 0.263 e. The quantitative estimate of drug-likeness (QED) is 0.531. The Balaban J connectivity index is 3.03. The van der Waals surface area contributed by atoms with E-state index in [0.29, 0.717) is 8.96 Å². The molecular formula is C9H3ClF2IN. The molecule has 0 atom stereocenters. The summed E-state index contributed by atoms with van der Waals surface area (Å²) in [6, 6.07) is 0.955. The van der Waals surface area contributed by atoms with E-state index in [4.69, 9.17) is 11.6 Å². The molecule has 0 saturated heterocycles. The maximum Gasteiger partial charge on any atom is 0.167 e. The maximum atomic E-state index is 13.4. The van der Waals surface area contributed by atoms with Gasteiger partial charge in [0.25, 0.3) is 0 Å². The van der Waals surface area contributed by atoms with Gasteiger partial charge in [-0.2, -0.15) is 0 Å². The third-order valence-corrected chi connectivity index (χ3v) is 2.97. The summed E-state index contributed by atoms with van der Waals surface area (Å²) in [6.07, 6.45) is 2.88. The number of hydrogen-bond donors (Lipinski definition) is 0. The molecule has 0 aliphatic heterocycles. The Hall–Kier alpha value is -0.490. The van der Waals surface area contributed by atoms with Gasteiger partial charge in [0, 0.05) is 26.7 Å². The van der Waals surface area contributed by atoms with E-state index in [-0.39, 0.29) is 10.4 Å². The molecule has 1 aromatic heterocycles. The number of rotatable bonds is 0. The van der Waals surface area contributed by atoms with Crippen molar-refractivity contribution in [2.45, 2.75) is 0 Å². The lowest BCUT2D eigenvalue weighted by molar-refractivity contribution is 0.516. The van der Waals surface area contributed by atoms with Gasteiger partial charge in [0.05, 0.1) is 5.02 Å². The molecule has 72 valence electrons. The molecule has 2 aromatic rings. The van der Waals surface area contributed by atoms with E-state index >= 15 is 0 Å². The maximum absolute atomic E-state index is 13.4. The van der Waals surface area contributed by atoms with Gasteiger partial charge in [-0.1, -0.05) is 11.6 Å². The molecule has 0 aliphatic rings. The van der Waals surface area contributed by atoms with Crippen LogP contribution in [0.5, 0.6) is 0 Å². The summed E-state index contributed by atoms with van der Waals surface area (Å²) in [6.45, 7) is 0. The highest BCUT2D eigenvalue weighted by Crippen LogP contribution is 2.30. The predicted octanol–water partition coefficient (Wildman–Crippen LogP) is 3.77.